The van der Waals surface area contributed by atoms with E-state index in [0.29, 0.717) is 13.2 Å². The van der Waals surface area contributed by atoms with Crippen LogP contribution in [0.15, 0.2) is 0 Å². The Labute approximate surface area is 62.9 Å². The highest BCUT2D eigenvalue weighted by Crippen LogP contribution is 1.78. The molecule has 0 amide bonds. The van der Waals surface area contributed by atoms with Crippen LogP contribution in [-0.4, -0.2) is 24.0 Å². The second-order valence-electron chi connectivity index (χ2n) is 1.59. The molecule has 0 aromatic heterocycles. The third-order valence-corrected chi connectivity index (χ3v) is 0.899. The fourth-order valence-electron chi connectivity index (χ4n) is 0.158. The molecule has 0 spiro atoms. The lowest BCUT2D eigenvalue weighted by atomic mass is 10.4. The summed E-state index contributed by atoms with van der Waals surface area (Å²) in [6.07, 6.45) is 2.04. The summed E-state index contributed by atoms with van der Waals surface area (Å²) in [4.78, 5) is 0. The second-order valence-corrected chi connectivity index (χ2v) is 2.04. The first kappa shape index (κ1) is 12.0. The number of hydrogen-bond donors (Lipinski definition) is 3. The minimum atomic E-state index is 0.344. The number of hydrogen-bond acceptors (Lipinski definition) is 3. The minimum absolute atomic E-state index is 0.344. The number of nitrogens with two attached hydrogens (primary N) is 1. The van der Waals surface area contributed by atoms with Crippen molar-refractivity contribution < 1.29 is 5.11 Å². The monoisotopic (exact) mass is 151 g/mol. The average Bonchev–Trinajstić information content (AvgIpc) is 1.91. The molecular weight excluding hydrogens is 134 g/mol. The van der Waals surface area contributed by atoms with Gasteiger partial charge in [0.25, 0.3) is 0 Å². The van der Waals surface area contributed by atoms with E-state index in [4.69, 9.17) is 10.8 Å². The van der Waals surface area contributed by atoms with E-state index in [9.17, 15) is 0 Å². The summed E-state index contributed by atoms with van der Waals surface area (Å²) in [7, 11) is 0. The zero-order valence-corrected chi connectivity index (χ0v) is 6.90. The molecule has 3 heteroatoms. The van der Waals surface area contributed by atoms with Gasteiger partial charge in [-0.2, -0.15) is 12.6 Å². The number of aliphatic hydroxyl groups is 1. The van der Waals surface area contributed by atoms with Gasteiger partial charge >= 0.3 is 0 Å². The van der Waals surface area contributed by atoms with Crippen LogP contribution in [0.3, 0.4) is 0 Å². The summed E-state index contributed by atoms with van der Waals surface area (Å²) in [6, 6.07) is 0. The van der Waals surface area contributed by atoms with Crippen LogP contribution in [0.2, 0.25) is 0 Å². The normalized spacial score (nSPS) is 8.00. The molecule has 3 N–H and O–H groups in total. The smallest absolute Gasteiger partial charge is 0.0430 e. The molecule has 0 aliphatic carbocycles. The zero-order valence-electron chi connectivity index (χ0n) is 6.01. The van der Waals surface area contributed by atoms with E-state index in [1.165, 1.54) is 0 Å². The molecule has 0 aliphatic heterocycles. The van der Waals surface area contributed by atoms with Gasteiger partial charge in [0.15, 0.2) is 0 Å². The highest BCUT2D eigenvalue weighted by Gasteiger charge is 1.69. The van der Waals surface area contributed by atoms with Gasteiger partial charge in [-0.1, -0.05) is 13.3 Å². The Morgan fingerprint density at radius 3 is 2.00 bits per heavy atom. The predicted octanol–water partition coefficient (Wildman–Crippen LogP) is 0.654. The van der Waals surface area contributed by atoms with E-state index in [1.807, 2.05) is 0 Å². The molecule has 0 heterocycles. The third-order valence-electron chi connectivity index (χ3n) is 0.641. The Balaban J connectivity index is 0. The molecule has 9 heavy (non-hydrogen) atoms. The first-order chi connectivity index (χ1) is 4.33. The molecule has 0 bridgehead atoms. The van der Waals surface area contributed by atoms with E-state index in [2.05, 4.69) is 19.6 Å². The predicted molar refractivity (Wildman–Crippen MR) is 44.9 cm³/mol. The summed E-state index contributed by atoms with van der Waals surface area (Å²) >= 11 is 3.80. The molecule has 0 saturated heterocycles. The lowest BCUT2D eigenvalue weighted by Gasteiger charge is -1.79. The third kappa shape index (κ3) is 30.4. The fourth-order valence-corrected chi connectivity index (χ4v) is 0.158. The van der Waals surface area contributed by atoms with Crippen LogP contribution in [-0.2, 0) is 0 Å². The molecule has 0 aromatic rings. The van der Waals surface area contributed by atoms with Gasteiger partial charge in [0.05, 0.1) is 0 Å². The summed E-state index contributed by atoms with van der Waals surface area (Å²) < 4.78 is 0. The SMILES string of the molecule is CCCCO.NCCS. The summed E-state index contributed by atoms with van der Waals surface area (Å²) in [5.74, 6) is 0.792. The summed E-state index contributed by atoms with van der Waals surface area (Å²) in [5.41, 5.74) is 4.95. The second kappa shape index (κ2) is 15.7. The van der Waals surface area contributed by atoms with Gasteiger partial charge in [0.2, 0.25) is 0 Å². The van der Waals surface area contributed by atoms with Crippen molar-refractivity contribution in [3.8, 4) is 0 Å². The molecular formula is C6H17NOS. The average molecular weight is 151 g/mol. The Morgan fingerprint density at radius 2 is 2.00 bits per heavy atom. The van der Waals surface area contributed by atoms with E-state index in [-0.39, 0.29) is 0 Å². The van der Waals surface area contributed by atoms with Crippen molar-refractivity contribution in [2.75, 3.05) is 18.9 Å². The summed E-state index contributed by atoms with van der Waals surface area (Å²) in [6.45, 7) is 3.08. The Bertz CT molecular complexity index is 32.2. The molecule has 0 aliphatic rings. The van der Waals surface area contributed by atoms with Crippen molar-refractivity contribution in [1.29, 1.82) is 0 Å². The van der Waals surface area contributed by atoms with Gasteiger partial charge in [0.1, 0.15) is 0 Å². The van der Waals surface area contributed by atoms with Crippen molar-refractivity contribution in [3.05, 3.63) is 0 Å². The number of aliphatic hydroxyl groups excluding tert-OH is 1. The maximum atomic E-state index is 8.07. The standard InChI is InChI=1S/C4H10O.C2H7NS/c1-2-3-4-5;3-1-2-4/h5H,2-4H2,1H3;4H,1-3H2. The van der Waals surface area contributed by atoms with Crippen LogP contribution in [0.4, 0.5) is 0 Å². The maximum absolute atomic E-state index is 8.07. The number of rotatable bonds is 3. The molecule has 0 radical (unpaired) electrons. The van der Waals surface area contributed by atoms with E-state index < -0.39 is 0 Å². The van der Waals surface area contributed by atoms with Gasteiger partial charge in [-0.25, -0.2) is 0 Å². The van der Waals surface area contributed by atoms with Crippen LogP contribution in [0.1, 0.15) is 19.8 Å². The molecule has 0 atom stereocenters. The quantitative estimate of drug-likeness (QED) is 0.519. The highest BCUT2D eigenvalue weighted by atomic mass is 32.1. The zero-order chi connectivity index (χ0) is 7.54. The number of thiol groups is 1. The lowest BCUT2D eigenvalue weighted by molar-refractivity contribution is 0.287. The van der Waals surface area contributed by atoms with Gasteiger partial charge in [-0.05, 0) is 6.42 Å². The molecule has 0 aromatic carbocycles. The van der Waals surface area contributed by atoms with Gasteiger partial charge < -0.3 is 10.8 Å². The van der Waals surface area contributed by atoms with Gasteiger partial charge in [-0.15, -0.1) is 0 Å². The van der Waals surface area contributed by atoms with E-state index in [0.717, 1.165) is 18.6 Å². The summed E-state index contributed by atoms with van der Waals surface area (Å²) in [5, 5.41) is 8.07. The van der Waals surface area contributed by atoms with Gasteiger partial charge in [-0.3, -0.25) is 0 Å². The number of unbranched alkanes of at least 4 members (excludes halogenated alkanes) is 1. The van der Waals surface area contributed by atoms with Crippen molar-refractivity contribution in [2.45, 2.75) is 19.8 Å². The largest absolute Gasteiger partial charge is 0.396 e. The van der Waals surface area contributed by atoms with E-state index >= 15 is 0 Å². The molecule has 2 nitrogen and oxygen atoms in total. The van der Waals surface area contributed by atoms with Crippen molar-refractivity contribution >= 4 is 12.6 Å². The Kier molecular flexibility index (Phi) is 21.0. The van der Waals surface area contributed by atoms with Crippen LogP contribution in [0, 0.1) is 0 Å². The first-order valence-corrected chi connectivity index (χ1v) is 3.88. The van der Waals surface area contributed by atoms with Crippen LogP contribution < -0.4 is 5.73 Å². The Hall–Kier alpha value is 0.270. The molecule has 58 valence electrons. The van der Waals surface area contributed by atoms with Crippen molar-refractivity contribution in [2.24, 2.45) is 5.73 Å². The fraction of sp³-hybridized carbons (Fsp3) is 1.00. The maximum Gasteiger partial charge on any atom is 0.0430 e. The van der Waals surface area contributed by atoms with Crippen molar-refractivity contribution in [3.63, 3.8) is 0 Å². The lowest BCUT2D eigenvalue weighted by Crippen LogP contribution is -1.97. The topological polar surface area (TPSA) is 46.2 Å². The molecule has 0 rings (SSSR count). The first-order valence-electron chi connectivity index (χ1n) is 3.25. The van der Waals surface area contributed by atoms with Crippen molar-refractivity contribution in [1.82, 2.24) is 0 Å². The minimum Gasteiger partial charge on any atom is -0.396 e. The van der Waals surface area contributed by atoms with Gasteiger partial charge in [0, 0.05) is 18.9 Å². The molecule has 0 fully saturated rings. The molecule has 0 unspecified atom stereocenters. The molecule has 0 saturated carbocycles. The Morgan fingerprint density at radius 1 is 1.56 bits per heavy atom. The van der Waals surface area contributed by atoms with Crippen LogP contribution in [0.25, 0.3) is 0 Å². The van der Waals surface area contributed by atoms with Crippen LogP contribution in [0.5, 0.6) is 0 Å². The van der Waals surface area contributed by atoms with Crippen LogP contribution >= 0.6 is 12.6 Å². The highest BCUT2D eigenvalue weighted by molar-refractivity contribution is 7.80. The van der Waals surface area contributed by atoms with E-state index in [1.54, 1.807) is 0 Å².